The van der Waals surface area contributed by atoms with Gasteiger partial charge in [0.15, 0.2) is 4.67 Å². The van der Waals surface area contributed by atoms with E-state index in [-0.39, 0.29) is 0 Å². The minimum absolute atomic E-state index is 0.373. The standard InChI is InChI=1S/C14H14BrNO/c1-9-3-2-4-11-10(7-8-16-14(9)11)12-5-6-13(15)17-12/h2-6,10,16H,7-8H2,1H3. The van der Waals surface area contributed by atoms with Crippen molar-refractivity contribution in [1.82, 2.24) is 0 Å². The van der Waals surface area contributed by atoms with Crippen molar-refractivity contribution in [3.8, 4) is 0 Å². The molecule has 3 heteroatoms. The van der Waals surface area contributed by atoms with Crippen molar-refractivity contribution >= 4 is 21.6 Å². The summed E-state index contributed by atoms with van der Waals surface area (Å²) in [6, 6.07) is 10.5. The highest BCUT2D eigenvalue weighted by Gasteiger charge is 2.24. The van der Waals surface area contributed by atoms with Crippen LogP contribution in [0.25, 0.3) is 0 Å². The fourth-order valence-corrected chi connectivity index (χ4v) is 2.85. The molecule has 2 heterocycles. The summed E-state index contributed by atoms with van der Waals surface area (Å²) in [4.78, 5) is 0. The summed E-state index contributed by atoms with van der Waals surface area (Å²) in [6.45, 7) is 3.15. The van der Waals surface area contributed by atoms with E-state index in [1.54, 1.807) is 0 Å². The number of anilines is 1. The van der Waals surface area contributed by atoms with Crippen LogP contribution in [-0.4, -0.2) is 6.54 Å². The number of hydrogen-bond acceptors (Lipinski definition) is 2. The fraction of sp³-hybridized carbons (Fsp3) is 0.286. The maximum absolute atomic E-state index is 5.71. The molecule has 1 aromatic heterocycles. The van der Waals surface area contributed by atoms with E-state index in [0.717, 1.165) is 23.4 Å². The Morgan fingerprint density at radius 3 is 2.94 bits per heavy atom. The number of nitrogens with one attached hydrogen (secondary N) is 1. The molecule has 0 saturated carbocycles. The van der Waals surface area contributed by atoms with Crippen molar-refractivity contribution in [2.24, 2.45) is 0 Å². The summed E-state index contributed by atoms with van der Waals surface area (Å²) in [6.07, 6.45) is 1.08. The molecule has 17 heavy (non-hydrogen) atoms. The van der Waals surface area contributed by atoms with Crippen molar-refractivity contribution in [3.63, 3.8) is 0 Å². The fourth-order valence-electron chi connectivity index (χ4n) is 2.53. The van der Waals surface area contributed by atoms with Gasteiger partial charge in [-0.2, -0.15) is 0 Å². The van der Waals surface area contributed by atoms with Crippen LogP contribution in [0.1, 0.15) is 29.2 Å². The summed E-state index contributed by atoms with van der Waals surface area (Å²) >= 11 is 3.37. The van der Waals surface area contributed by atoms with Crippen LogP contribution in [0.4, 0.5) is 5.69 Å². The monoisotopic (exact) mass is 291 g/mol. The summed E-state index contributed by atoms with van der Waals surface area (Å²) in [5.74, 6) is 1.42. The van der Waals surface area contributed by atoms with Crippen LogP contribution in [0, 0.1) is 6.92 Å². The average Bonchev–Trinajstić information content (AvgIpc) is 2.76. The van der Waals surface area contributed by atoms with Crippen molar-refractivity contribution < 1.29 is 4.42 Å². The highest BCUT2D eigenvalue weighted by atomic mass is 79.9. The molecule has 2 nitrogen and oxygen atoms in total. The molecule has 1 aromatic carbocycles. The van der Waals surface area contributed by atoms with Crippen molar-refractivity contribution in [1.29, 1.82) is 0 Å². The molecule has 1 N–H and O–H groups in total. The van der Waals surface area contributed by atoms with E-state index >= 15 is 0 Å². The van der Waals surface area contributed by atoms with E-state index in [9.17, 15) is 0 Å². The Morgan fingerprint density at radius 2 is 2.18 bits per heavy atom. The smallest absolute Gasteiger partial charge is 0.169 e. The van der Waals surface area contributed by atoms with Gasteiger partial charge in [0, 0.05) is 18.2 Å². The maximum Gasteiger partial charge on any atom is 0.169 e. The van der Waals surface area contributed by atoms with E-state index in [2.05, 4.69) is 52.4 Å². The van der Waals surface area contributed by atoms with Crippen LogP contribution in [0.3, 0.4) is 0 Å². The minimum atomic E-state index is 0.373. The van der Waals surface area contributed by atoms with Gasteiger partial charge in [-0.3, -0.25) is 0 Å². The lowest BCUT2D eigenvalue weighted by Crippen LogP contribution is -2.18. The molecule has 2 aromatic rings. The molecule has 0 bridgehead atoms. The number of halogens is 1. The number of furan rings is 1. The SMILES string of the molecule is Cc1cccc2c1NCCC2c1ccc(Br)o1. The Kier molecular flexibility index (Phi) is 2.71. The van der Waals surface area contributed by atoms with Crippen LogP contribution in [0.2, 0.25) is 0 Å². The van der Waals surface area contributed by atoms with Gasteiger partial charge >= 0.3 is 0 Å². The van der Waals surface area contributed by atoms with Gasteiger partial charge in [0.2, 0.25) is 0 Å². The van der Waals surface area contributed by atoms with Gasteiger partial charge in [-0.05, 0) is 52.5 Å². The van der Waals surface area contributed by atoms with Gasteiger partial charge in [-0.15, -0.1) is 0 Å². The largest absolute Gasteiger partial charge is 0.454 e. The topological polar surface area (TPSA) is 25.2 Å². The predicted molar refractivity (Wildman–Crippen MR) is 72.5 cm³/mol. The summed E-state index contributed by atoms with van der Waals surface area (Å²) in [7, 11) is 0. The molecule has 0 radical (unpaired) electrons. The lowest BCUT2D eigenvalue weighted by molar-refractivity contribution is 0.457. The zero-order valence-corrected chi connectivity index (χ0v) is 11.3. The second kappa shape index (κ2) is 4.22. The van der Waals surface area contributed by atoms with Crippen LogP contribution in [0.15, 0.2) is 39.4 Å². The molecule has 1 atom stereocenters. The molecule has 3 rings (SSSR count). The van der Waals surface area contributed by atoms with Gasteiger partial charge < -0.3 is 9.73 Å². The first-order valence-corrected chi connectivity index (χ1v) is 6.63. The van der Waals surface area contributed by atoms with Crippen LogP contribution in [-0.2, 0) is 0 Å². The third kappa shape index (κ3) is 1.89. The van der Waals surface area contributed by atoms with E-state index in [1.807, 2.05) is 6.07 Å². The molecule has 0 aliphatic carbocycles. The summed E-state index contributed by atoms with van der Waals surface area (Å²) < 4.78 is 6.51. The highest BCUT2D eigenvalue weighted by Crippen LogP contribution is 2.39. The zero-order chi connectivity index (χ0) is 11.8. The number of benzene rings is 1. The normalized spacial score (nSPS) is 18.6. The Hall–Kier alpha value is -1.22. The molecule has 1 aliphatic heterocycles. The molecular weight excluding hydrogens is 278 g/mol. The summed E-state index contributed by atoms with van der Waals surface area (Å²) in [5.41, 5.74) is 3.92. The zero-order valence-electron chi connectivity index (χ0n) is 9.66. The van der Waals surface area contributed by atoms with E-state index in [4.69, 9.17) is 4.42 Å². The first-order valence-electron chi connectivity index (χ1n) is 5.84. The number of rotatable bonds is 1. The first-order chi connectivity index (χ1) is 8.25. The van der Waals surface area contributed by atoms with E-state index in [0.29, 0.717) is 5.92 Å². The van der Waals surface area contributed by atoms with Gasteiger partial charge in [0.1, 0.15) is 5.76 Å². The van der Waals surface area contributed by atoms with Gasteiger partial charge in [-0.1, -0.05) is 18.2 Å². The quantitative estimate of drug-likeness (QED) is 0.847. The summed E-state index contributed by atoms with van der Waals surface area (Å²) in [5, 5.41) is 3.48. The second-order valence-corrected chi connectivity index (χ2v) is 5.23. The second-order valence-electron chi connectivity index (χ2n) is 4.45. The first kappa shape index (κ1) is 10.9. The van der Waals surface area contributed by atoms with E-state index < -0.39 is 0 Å². The number of fused-ring (bicyclic) bond motifs is 1. The average molecular weight is 292 g/mol. The lowest BCUT2D eigenvalue weighted by Gasteiger charge is -2.26. The molecule has 0 spiro atoms. The Balaban J connectivity index is 2.08. The molecule has 0 fully saturated rings. The number of hydrogen-bond donors (Lipinski definition) is 1. The van der Waals surface area contributed by atoms with Crippen LogP contribution < -0.4 is 5.32 Å². The van der Waals surface area contributed by atoms with Gasteiger partial charge in [0.05, 0.1) is 0 Å². The molecule has 88 valence electrons. The molecule has 1 unspecified atom stereocenters. The number of para-hydroxylation sites is 1. The van der Waals surface area contributed by atoms with Gasteiger partial charge in [-0.25, -0.2) is 0 Å². The van der Waals surface area contributed by atoms with Crippen LogP contribution >= 0.6 is 15.9 Å². The lowest BCUT2D eigenvalue weighted by atomic mass is 9.87. The van der Waals surface area contributed by atoms with E-state index in [1.165, 1.54) is 16.8 Å². The predicted octanol–water partition coefficient (Wildman–Crippen LogP) is 4.30. The number of aryl methyl sites for hydroxylation is 1. The van der Waals surface area contributed by atoms with Crippen molar-refractivity contribution in [3.05, 3.63) is 51.9 Å². The minimum Gasteiger partial charge on any atom is -0.454 e. The molecule has 1 aliphatic rings. The third-order valence-corrected chi connectivity index (χ3v) is 3.78. The van der Waals surface area contributed by atoms with Crippen molar-refractivity contribution in [2.75, 3.05) is 11.9 Å². The Labute approximate surface area is 109 Å². The van der Waals surface area contributed by atoms with Crippen LogP contribution in [0.5, 0.6) is 0 Å². The molecular formula is C14H14BrNO. The molecule has 0 amide bonds. The van der Waals surface area contributed by atoms with Crippen molar-refractivity contribution in [2.45, 2.75) is 19.3 Å². The maximum atomic E-state index is 5.71. The highest BCUT2D eigenvalue weighted by molar-refractivity contribution is 9.10. The third-order valence-electron chi connectivity index (χ3n) is 3.35. The molecule has 0 saturated heterocycles. The Bertz CT molecular complexity index is 547. The Morgan fingerprint density at radius 1 is 1.29 bits per heavy atom. The van der Waals surface area contributed by atoms with Gasteiger partial charge in [0.25, 0.3) is 0 Å².